The largest absolute Gasteiger partial charge is 0.456 e. The number of nitrogens with one attached hydrogen (secondary N) is 2. The van der Waals surface area contributed by atoms with Crippen molar-refractivity contribution in [1.29, 1.82) is 0 Å². The Hall–Kier alpha value is -4.21. The fraction of sp³-hybridized carbons (Fsp3) is 0.346. The molecule has 10 heteroatoms. The van der Waals surface area contributed by atoms with Gasteiger partial charge >= 0.3 is 5.97 Å². The Kier molecular flexibility index (Phi) is 7.33. The maximum Gasteiger partial charge on any atom is 0.303 e. The molecule has 2 heterocycles. The van der Waals surface area contributed by atoms with Gasteiger partial charge < -0.3 is 25.2 Å². The van der Waals surface area contributed by atoms with Crippen LogP contribution in [0.2, 0.25) is 0 Å². The molecule has 0 bridgehead atoms. The van der Waals surface area contributed by atoms with Crippen molar-refractivity contribution in [2.45, 2.75) is 25.8 Å². The van der Waals surface area contributed by atoms with Crippen molar-refractivity contribution in [3.8, 4) is 0 Å². The lowest BCUT2D eigenvalue weighted by Crippen LogP contribution is -2.57. The average molecular weight is 493 g/mol. The number of carbonyl (C=O) groups is 5. The first-order valence-corrected chi connectivity index (χ1v) is 11.8. The quantitative estimate of drug-likeness (QED) is 0.464. The first-order valence-electron chi connectivity index (χ1n) is 11.8. The normalized spacial score (nSPS) is 18.6. The summed E-state index contributed by atoms with van der Waals surface area (Å²) in [5, 5.41) is 5.78. The molecule has 2 aliphatic heterocycles. The van der Waals surface area contributed by atoms with Crippen LogP contribution in [0.15, 0.2) is 48.5 Å². The Morgan fingerprint density at radius 1 is 1.03 bits per heavy atom. The van der Waals surface area contributed by atoms with E-state index in [1.54, 1.807) is 47.4 Å². The maximum absolute atomic E-state index is 13.2. The van der Waals surface area contributed by atoms with Gasteiger partial charge in [-0.05, 0) is 30.7 Å². The van der Waals surface area contributed by atoms with Gasteiger partial charge in [0.1, 0.15) is 0 Å². The fourth-order valence-corrected chi connectivity index (χ4v) is 4.56. The molecule has 0 saturated carbocycles. The molecule has 0 radical (unpaired) electrons. The van der Waals surface area contributed by atoms with Crippen LogP contribution in [-0.2, 0) is 23.9 Å². The minimum atomic E-state index is -0.700. The van der Waals surface area contributed by atoms with E-state index in [0.717, 1.165) is 0 Å². The summed E-state index contributed by atoms with van der Waals surface area (Å²) in [5.41, 5.74) is 2.20. The van der Waals surface area contributed by atoms with Crippen LogP contribution in [-0.4, -0.2) is 78.1 Å². The van der Waals surface area contributed by atoms with Gasteiger partial charge in [-0.2, -0.15) is 0 Å². The molecule has 2 aromatic rings. The van der Waals surface area contributed by atoms with Gasteiger partial charge in [-0.25, -0.2) is 0 Å². The summed E-state index contributed by atoms with van der Waals surface area (Å²) in [5.74, 6) is -3.00. The van der Waals surface area contributed by atoms with Crippen LogP contribution < -0.4 is 10.6 Å². The summed E-state index contributed by atoms with van der Waals surface area (Å²) in [6, 6.07) is 13.7. The molecular weight excluding hydrogens is 464 g/mol. The summed E-state index contributed by atoms with van der Waals surface area (Å²) in [6.07, 6.45) is 0. The summed E-state index contributed by atoms with van der Waals surface area (Å²) in [6.45, 7) is 3.79. The lowest BCUT2D eigenvalue weighted by atomic mass is 9.95. The third-order valence-corrected chi connectivity index (χ3v) is 6.36. The number of nitrogens with zero attached hydrogens (tertiary/aromatic N) is 2. The standard InChI is InChI=1S/C26H28N4O6/c1-16-14-29(25(34)18-7-4-3-5-8-18)11-12-30(16)26(35)24(33)20-13-27-23-19(20)9-6-10-21(23)28-22(32)15-36-17(2)31/h3-10,16,20,27H,11-15H2,1-2H3,(H,28,32)/t16-,20?/m1/s1. The van der Waals surface area contributed by atoms with E-state index < -0.39 is 36.1 Å². The Balaban J connectivity index is 1.41. The smallest absolute Gasteiger partial charge is 0.303 e. The number of piperazine rings is 1. The molecule has 1 saturated heterocycles. The zero-order chi connectivity index (χ0) is 25.8. The number of benzene rings is 2. The van der Waals surface area contributed by atoms with Gasteiger partial charge in [0.05, 0.1) is 17.3 Å². The third kappa shape index (κ3) is 5.22. The lowest BCUT2D eigenvalue weighted by molar-refractivity contribution is -0.148. The Bertz CT molecular complexity index is 1200. The molecular formula is C26H28N4O6. The van der Waals surface area contributed by atoms with E-state index in [9.17, 15) is 24.0 Å². The lowest BCUT2D eigenvalue weighted by Gasteiger charge is -2.39. The molecule has 2 aliphatic rings. The molecule has 0 aliphatic carbocycles. The predicted molar refractivity (Wildman–Crippen MR) is 131 cm³/mol. The number of esters is 1. The summed E-state index contributed by atoms with van der Waals surface area (Å²) in [4.78, 5) is 65.4. The molecule has 188 valence electrons. The summed E-state index contributed by atoms with van der Waals surface area (Å²) in [7, 11) is 0. The van der Waals surface area contributed by atoms with Crippen LogP contribution in [0, 0.1) is 0 Å². The molecule has 1 unspecified atom stereocenters. The van der Waals surface area contributed by atoms with Gasteiger partial charge in [0.15, 0.2) is 6.61 Å². The minimum absolute atomic E-state index is 0.0990. The van der Waals surface area contributed by atoms with Crippen LogP contribution in [0.1, 0.15) is 35.7 Å². The highest BCUT2D eigenvalue weighted by molar-refractivity contribution is 6.38. The number of hydrogen-bond acceptors (Lipinski definition) is 7. The van der Waals surface area contributed by atoms with Crippen molar-refractivity contribution in [2.24, 2.45) is 0 Å². The highest BCUT2D eigenvalue weighted by Gasteiger charge is 2.39. The number of rotatable bonds is 6. The maximum atomic E-state index is 13.2. The number of ether oxygens (including phenoxy) is 1. The Morgan fingerprint density at radius 2 is 1.78 bits per heavy atom. The van der Waals surface area contributed by atoms with Crippen molar-refractivity contribution in [3.63, 3.8) is 0 Å². The highest BCUT2D eigenvalue weighted by Crippen LogP contribution is 2.38. The molecule has 1 fully saturated rings. The SMILES string of the molecule is CC(=O)OCC(=O)Nc1cccc2c1NCC2C(=O)C(=O)N1CCN(C(=O)c2ccccc2)C[C@H]1C. The van der Waals surface area contributed by atoms with Gasteiger partial charge in [0.2, 0.25) is 5.78 Å². The van der Waals surface area contributed by atoms with E-state index in [1.807, 2.05) is 13.0 Å². The zero-order valence-corrected chi connectivity index (χ0v) is 20.2. The number of hydrogen-bond donors (Lipinski definition) is 2. The van der Waals surface area contributed by atoms with Crippen LogP contribution in [0.4, 0.5) is 11.4 Å². The van der Waals surface area contributed by atoms with E-state index >= 15 is 0 Å². The van der Waals surface area contributed by atoms with Gasteiger partial charge in [-0.3, -0.25) is 24.0 Å². The van der Waals surface area contributed by atoms with Crippen molar-refractivity contribution in [3.05, 3.63) is 59.7 Å². The third-order valence-electron chi connectivity index (χ3n) is 6.36. The number of amides is 3. The first-order chi connectivity index (χ1) is 17.3. The molecule has 3 amide bonds. The van der Waals surface area contributed by atoms with Crippen LogP contribution in [0.5, 0.6) is 0 Å². The number of carbonyl (C=O) groups excluding carboxylic acids is 5. The highest BCUT2D eigenvalue weighted by atomic mass is 16.5. The van der Waals surface area contributed by atoms with Crippen LogP contribution in [0.25, 0.3) is 0 Å². The van der Waals surface area contributed by atoms with Gasteiger partial charge in [0, 0.05) is 44.7 Å². The Morgan fingerprint density at radius 3 is 2.47 bits per heavy atom. The van der Waals surface area contributed by atoms with E-state index in [-0.39, 0.29) is 25.0 Å². The summed E-state index contributed by atoms with van der Waals surface area (Å²) < 4.78 is 4.71. The topological polar surface area (TPSA) is 125 Å². The number of anilines is 2. The number of Topliss-reactive ketones (excluding diaryl/α,β-unsaturated/α-hetero) is 1. The van der Waals surface area contributed by atoms with Crippen LogP contribution >= 0.6 is 0 Å². The van der Waals surface area contributed by atoms with E-state index in [0.29, 0.717) is 35.6 Å². The molecule has 4 rings (SSSR count). The second-order valence-corrected chi connectivity index (χ2v) is 8.86. The molecule has 2 N–H and O–H groups in total. The number of ketones is 1. The number of fused-ring (bicyclic) bond motifs is 1. The second kappa shape index (κ2) is 10.6. The van der Waals surface area contributed by atoms with Crippen LogP contribution in [0.3, 0.4) is 0 Å². The van der Waals surface area contributed by atoms with Crippen molar-refractivity contribution >= 4 is 40.8 Å². The fourth-order valence-electron chi connectivity index (χ4n) is 4.56. The second-order valence-electron chi connectivity index (χ2n) is 8.86. The monoisotopic (exact) mass is 492 g/mol. The number of para-hydroxylation sites is 1. The van der Waals surface area contributed by atoms with E-state index in [4.69, 9.17) is 4.74 Å². The average Bonchev–Trinajstić information content (AvgIpc) is 3.32. The van der Waals surface area contributed by atoms with Crippen molar-refractivity contribution in [1.82, 2.24) is 9.80 Å². The zero-order valence-electron chi connectivity index (χ0n) is 20.2. The molecule has 0 aromatic heterocycles. The van der Waals surface area contributed by atoms with Gasteiger partial charge in [-0.1, -0.05) is 30.3 Å². The molecule has 2 atom stereocenters. The molecule has 2 aromatic carbocycles. The van der Waals surface area contributed by atoms with Gasteiger partial charge in [0.25, 0.3) is 17.7 Å². The van der Waals surface area contributed by atoms with E-state index in [1.165, 1.54) is 11.8 Å². The molecule has 0 spiro atoms. The summed E-state index contributed by atoms with van der Waals surface area (Å²) >= 11 is 0. The molecule has 36 heavy (non-hydrogen) atoms. The van der Waals surface area contributed by atoms with E-state index in [2.05, 4.69) is 10.6 Å². The van der Waals surface area contributed by atoms with Gasteiger partial charge in [-0.15, -0.1) is 0 Å². The Labute approximate surface area is 208 Å². The predicted octanol–water partition coefficient (Wildman–Crippen LogP) is 1.64. The molecule has 10 nitrogen and oxygen atoms in total. The first kappa shape index (κ1) is 24.9. The minimum Gasteiger partial charge on any atom is -0.456 e. The van der Waals surface area contributed by atoms with Crippen molar-refractivity contribution in [2.75, 3.05) is 43.4 Å². The van der Waals surface area contributed by atoms with Crippen molar-refractivity contribution < 1.29 is 28.7 Å².